The van der Waals surface area contributed by atoms with Crippen LogP contribution in [-0.2, 0) is 7.05 Å². The summed E-state index contributed by atoms with van der Waals surface area (Å²) in [4.78, 5) is 11.1. The van der Waals surface area contributed by atoms with Crippen LogP contribution in [0.4, 0.5) is 0 Å². The van der Waals surface area contributed by atoms with Crippen LogP contribution in [-0.4, -0.2) is 10.5 Å². The second kappa shape index (κ2) is 3.86. The summed E-state index contributed by atoms with van der Waals surface area (Å²) in [5.41, 5.74) is 8.06. The molecule has 3 nitrogen and oxygen atoms in total. The Morgan fingerprint density at radius 3 is 2.57 bits per heavy atom. The smallest absolute Gasteiger partial charge is 0.250 e. The van der Waals surface area contributed by atoms with Crippen molar-refractivity contribution in [1.29, 1.82) is 0 Å². The molecule has 0 fully saturated rings. The first-order chi connectivity index (χ1) is 6.49. The first-order valence-corrected chi connectivity index (χ1v) is 4.95. The van der Waals surface area contributed by atoms with E-state index in [2.05, 4.69) is 13.8 Å². The molecule has 1 rings (SSSR count). The fraction of sp³-hybridized carbons (Fsp3) is 0.545. The van der Waals surface area contributed by atoms with E-state index < -0.39 is 0 Å². The lowest BCUT2D eigenvalue weighted by atomic mass is 10.0. The molecule has 1 aromatic heterocycles. The maximum absolute atomic E-state index is 11.1. The third-order valence-electron chi connectivity index (χ3n) is 2.96. The van der Waals surface area contributed by atoms with Gasteiger partial charge in [-0.05, 0) is 25.3 Å². The molecule has 2 N–H and O–H groups in total. The van der Waals surface area contributed by atoms with Crippen molar-refractivity contribution in [1.82, 2.24) is 4.57 Å². The van der Waals surface area contributed by atoms with E-state index in [0.717, 1.165) is 12.1 Å². The van der Waals surface area contributed by atoms with Crippen LogP contribution in [0.1, 0.15) is 47.9 Å². The number of carbonyl (C=O) groups is 1. The Hall–Kier alpha value is -1.25. The summed E-state index contributed by atoms with van der Waals surface area (Å²) in [7, 11) is 1.98. The van der Waals surface area contributed by atoms with E-state index >= 15 is 0 Å². The first kappa shape index (κ1) is 10.8. The molecule has 0 aliphatic carbocycles. The summed E-state index contributed by atoms with van der Waals surface area (Å²) < 4.78 is 2.05. The highest BCUT2D eigenvalue weighted by atomic mass is 16.1. The third-order valence-corrected chi connectivity index (χ3v) is 2.96. The largest absolute Gasteiger partial charge is 0.366 e. The van der Waals surface area contributed by atoms with Gasteiger partial charge in [-0.15, -0.1) is 0 Å². The summed E-state index contributed by atoms with van der Waals surface area (Å²) in [6.07, 6.45) is 1.06. The molecular formula is C11H18N2O. The minimum Gasteiger partial charge on any atom is -0.366 e. The van der Waals surface area contributed by atoms with Crippen LogP contribution >= 0.6 is 0 Å². The van der Waals surface area contributed by atoms with Crippen molar-refractivity contribution in [3.05, 3.63) is 23.0 Å². The number of hydrogen-bond acceptors (Lipinski definition) is 1. The standard InChI is InChI=1S/C11H18N2O/c1-5-7(2)10-6-9(11(12)14)8(3)13(10)4/h6-7H,5H2,1-4H3,(H2,12,14). The van der Waals surface area contributed by atoms with Gasteiger partial charge in [-0.25, -0.2) is 0 Å². The van der Waals surface area contributed by atoms with Crippen LogP contribution in [0.3, 0.4) is 0 Å². The van der Waals surface area contributed by atoms with Crippen molar-refractivity contribution in [3.8, 4) is 0 Å². The average Bonchev–Trinajstić information content (AvgIpc) is 2.43. The van der Waals surface area contributed by atoms with Crippen LogP contribution in [0, 0.1) is 6.92 Å². The fourth-order valence-electron chi connectivity index (χ4n) is 1.65. The molecule has 1 heterocycles. The van der Waals surface area contributed by atoms with E-state index in [-0.39, 0.29) is 5.91 Å². The maximum atomic E-state index is 11.1. The summed E-state index contributed by atoms with van der Waals surface area (Å²) in [6, 6.07) is 1.91. The van der Waals surface area contributed by atoms with Crippen molar-refractivity contribution < 1.29 is 4.79 Å². The molecule has 0 spiro atoms. The molecule has 1 unspecified atom stereocenters. The molecule has 78 valence electrons. The van der Waals surface area contributed by atoms with Crippen LogP contribution in [0.25, 0.3) is 0 Å². The molecule has 0 aliphatic rings. The van der Waals surface area contributed by atoms with Gasteiger partial charge in [-0.2, -0.15) is 0 Å². The highest BCUT2D eigenvalue weighted by Crippen LogP contribution is 2.23. The lowest BCUT2D eigenvalue weighted by molar-refractivity contribution is 0.0999. The van der Waals surface area contributed by atoms with Crippen LogP contribution in [0.15, 0.2) is 6.07 Å². The molecule has 0 radical (unpaired) electrons. The fourth-order valence-corrected chi connectivity index (χ4v) is 1.65. The van der Waals surface area contributed by atoms with Crippen molar-refractivity contribution in [2.75, 3.05) is 0 Å². The molecule has 0 saturated heterocycles. The normalized spacial score (nSPS) is 12.9. The first-order valence-electron chi connectivity index (χ1n) is 4.95. The van der Waals surface area contributed by atoms with Crippen LogP contribution < -0.4 is 5.73 Å². The number of primary amides is 1. The number of nitrogens with two attached hydrogens (primary N) is 1. The zero-order valence-corrected chi connectivity index (χ0v) is 9.29. The third kappa shape index (κ3) is 1.67. The average molecular weight is 194 g/mol. The monoisotopic (exact) mass is 194 g/mol. The summed E-state index contributed by atoms with van der Waals surface area (Å²) in [5, 5.41) is 0. The molecule has 1 atom stereocenters. The van der Waals surface area contributed by atoms with Gasteiger partial charge in [0, 0.05) is 18.4 Å². The molecule has 0 aromatic carbocycles. The number of hydrogen-bond donors (Lipinski definition) is 1. The quantitative estimate of drug-likeness (QED) is 0.785. The summed E-state index contributed by atoms with van der Waals surface area (Å²) in [5.74, 6) is 0.124. The van der Waals surface area contributed by atoms with Crippen molar-refractivity contribution >= 4 is 5.91 Å². The Bertz CT molecular complexity index is 352. The van der Waals surface area contributed by atoms with Crippen LogP contribution in [0.5, 0.6) is 0 Å². The predicted molar refractivity (Wildman–Crippen MR) is 57.4 cm³/mol. The number of nitrogens with zero attached hydrogens (tertiary/aromatic N) is 1. The molecule has 3 heteroatoms. The van der Waals surface area contributed by atoms with E-state index in [4.69, 9.17) is 5.73 Å². The van der Waals surface area contributed by atoms with Crippen molar-refractivity contribution in [2.24, 2.45) is 12.8 Å². The molecule has 14 heavy (non-hydrogen) atoms. The van der Waals surface area contributed by atoms with Crippen molar-refractivity contribution in [3.63, 3.8) is 0 Å². The van der Waals surface area contributed by atoms with Gasteiger partial charge in [0.2, 0.25) is 0 Å². The van der Waals surface area contributed by atoms with Gasteiger partial charge >= 0.3 is 0 Å². The SMILES string of the molecule is CCC(C)c1cc(C(N)=O)c(C)n1C. The van der Waals surface area contributed by atoms with Gasteiger partial charge in [-0.3, -0.25) is 4.79 Å². The maximum Gasteiger partial charge on any atom is 0.250 e. The highest BCUT2D eigenvalue weighted by Gasteiger charge is 2.15. The van der Waals surface area contributed by atoms with Gasteiger partial charge in [0.05, 0.1) is 5.56 Å². The van der Waals surface area contributed by atoms with E-state index in [1.165, 1.54) is 5.69 Å². The second-order valence-corrected chi connectivity index (χ2v) is 3.80. The van der Waals surface area contributed by atoms with E-state index in [0.29, 0.717) is 11.5 Å². The molecule has 0 bridgehead atoms. The Morgan fingerprint density at radius 1 is 1.64 bits per heavy atom. The summed E-state index contributed by atoms with van der Waals surface area (Å²) in [6.45, 7) is 6.21. The molecule has 1 amide bonds. The Labute approximate surface area is 84.9 Å². The number of amides is 1. The lowest BCUT2D eigenvalue weighted by Crippen LogP contribution is -2.11. The Morgan fingerprint density at radius 2 is 2.21 bits per heavy atom. The van der Waals surface area contributed by atoms with Gasteiger partial charge in [-0.1, -0.05) is 13.8 Å². The second-order valence-electron chi connectivity index (χ2n) is 3.80. The lowest BCUT2D eigenvalue weighted by Gasteiger charge is -2.10. The van der Waals surface area contributed by atoms with Gasteiger partial charge in [0.25, 0.3) is 5.91 Å². The summed E-state index contributed by atoms with van der Waals surface area (Å²) >= 11 is 0. The number of rotatable bonds is 3. The van der Waals surface area contributed by atoms with E-state index in [1.807, 2.05) is 24.6 Å². The molecule has 0 saturated carbocycles. The van der Waals surface area contributed by atoms with Gasteiger partial charge in [0.1, 0.15) is 0 Å². The van der Waals surface area contributed by atoms with Crippen LogP contribution in [0.2, 0.25) is 0 Å². The molecule has 1 aromatic rings. The zero-order chi connectivity index (χ0) is 10.9. The van der Waals surface area contributed by atoms with Gasteiger partial charge < -0.3 is 10.3 Å². The number of carbonyl (C=O) groups excluding carboxylic acids is 1. The minimum absolute atomic E-state index is 0.340. The molecular weight excluding hydrogens is 176 g/mol. The Kier molecular flexibility index (Phi) is 2.99. The predicted octanol–water partition coefficient (Wildman–Crippen LogP) is 1.95. The van der Waals surface area contributed by atoms with Crippen molar-refractivity contribution in [2.45, 2.75) is 33.1 Å². The minimum atomic E-state index is -0.340. The Balaban J connectivity index is 3.21. The molecule has 0 aliphatic heterocycles. The topological polar surface area (TPSA) is 48.0 Å². The van der Waals surface area contributed by atoms with Gasteiger partial charge in [0.15, 0.2) is 0 Å². The van der Waals surface area contributed by atoms with E-state index in [1.54, 1.807) is 0 Å². The number of aromatic nitrogens is 1. The zero-order valence-electron chi connectivity index (χ0n) is 9.29. The van der Waals surface area contributed by atoms with E-state index in [9.17, 15) is 4.79 Å². The highest BCUT2D eigenvalue weighted by molar-refractivity contribution is 5.94.